The monoisotopic (exact) mass is 490 g/mol. The van der Waals surface area contributed by atoms with E-state index < -0.39 is 0 Å². The highest BCUT2D eigenvalue weighted by Crippen LogP contribution is 2.09. The molecule has 0 unspecified atom stereocenters. The second-order valence-corrected chi connectivity index (χ2v) is 6.92. The first-order valence-corrected chi connectivity index (χ1v) is 9.92. The van der Waals surface area contributed by atoms with Gasteiger partial charge in [-0.25, -0.2) is 14.5 Å². The van der Waals surface area contributed by atoms with Gasteiger partial charge in [0, 0.05) is 32.6 Å². The van der Waals surface area contributed by atoms with Crippen molar-refractivity contribution in [3.05, 3.63) is 38.7 Å². The molecule has 0 atom stereocenters. The summed E-state index contributed by atoms with van der Waals surface area (Å²) in [5.41, 5.74) is 1.25. The molecule has 144 valence electrons. The molecule has 0 saturated heterocycles. The molecule has 7 nitrogen and oxygen atoms in total. The van der Waals surface area contributed by atoms with Crippen molar-refractivity contribution in [3.63, 3.8) is 0 Å². The molecular formula is C17H27IN6OS. The van der Waals surface area contributed by atoms with Crippen LogP contribution in [-0.4, -0.2) is 33.4 Å². The second kappa shape index (κ2) is 10.7. The number of aromatic nitrogens is 3. The number of nitrogens with zero attached hydrogens (tertiary/aromatic N) is 4. The van der Waals surface area contributed by atoms with Gasteiger partial charge < -0.3 is 10.6 Å². The van der Waals surface area contributed by atoms with E-state index in [0.717, 1.165) is 57.1 Å². The van der Waals surface area contributed by atoms with Gasteiger partial charge in [0.05, 0.1) is 6.54 Å². The Morgan fingerprint density at radius 2 is 2.27 bits per heavy atom. The number of halogens is 1. The normalized spacial score (nSPS) is 13.8. The van der Waals surface area contributed by atoms with E-state index in [1.165, 1.54) is 5.56 Å². The Kier molecular flexibility index (Phi) is 8.63. The number of aryl methyl sites for hydroxylation is 2. The molecule has 9 heteroatoms. The first-order valence-electron chi connectivity index (χ1n) is 8.97. The van der Waals surface area contributed by atoms with Gasteiger partial charge in [-0.15, -0.1) is 24.0 Å². The molecule has 3 rings (SSSR count). The molecule has 2 aromatic heterocycles. The lowest BCUT2D eigenvalue weighted by molar-refractivity contribution is 0.509. The highest BCUT2D eigenvalue weighted by molar-refractivity contribution is 14.0. The van der Waals surface area contributed by atoms with Crippen molar-refractivity contribution >= 4 is 41.3 Å². The number of guanidine groups is 1. The number of aliphatic imine (C=N–C) groups is 1. The molecular weight excluding hydrogens is 463 g/mol. The van der Waals surface area contributed by atoms with Crippen LogP contribution in [0.5, 0.6) is 0 Å². The molecule has 0 fully saturated rings. The molecule has 26 heavy (non-hydrogen) atoms. The summed E-state index contributed by atoms with van der Waals surface area (Å²) in [6.45, 7) is 5.75. The Balaban J connectivity index is 0.00000243. The first kappa shape index (κ1) is 20.9. The van der Waals surface area contributed by atoms with Crippen LogP contribution in [0.1, 0.15) is 37.6 Å². The van der Waals surface area contributed by atoms with E-state index in [2.05, 4.69) is 44.5 Å². The first-order chi connectivity index (χ1) is 12.3. The smallest absolute Gasteiger partial charge is 0.345 e. The molecule has 0 amide bonds. The van der Waals surface area contributed by atoms with Crippen LogP contribution in [0, 0.1) is 0 Å². The molecule has 0 aliphatic carbocycles. The zero-order chi connectivity index (χ0) is 17.5. The SMILES string of the molecule is CCNC(=NCc1ccsc1)NCCCn1nc2n(c1=O)CCCC2.I. The number of hydrogen-bond donors (Lipinski definition) is 2. The molecule has 1 aliphatic rings. The van der Waals surface area contributed by atoms with Gasteiger partial charge in [0.15, 0.2) is 5.96 Å². The third-order valence-corrected chi connectivity index (χ3v) is 4.95. The van der Waals surface area contributed by atoms with Gasteiger partial charge >= 0.3 is 5.69 Å². The van der Waals surface area contributed by atoms with Crippen molar-refractivity contribution in [1.82, 2.24) is 25.0 Å². The van der Waals surface area contributed by atoms with Gasteiger partial charge in [0.25, 0.3) is 0 Å². The summed E-state index contributed by atoms with van der Waals surface area (Å²) in [4.78, 5) is 16.9. The van der Waals surface area contributed by atoms with E-state index in [-0.39, 0.29) is 29.7 Å². The summed E-state index contributed by atoms with van der Waals surface area (Å²) in [5, 5.41) is 15.2. The van der Waals surface area contributed by atoms with E-state index in [1.54, 1.807) is 16.0 Å². The molecule has 0 spiro atoms. The molecule has 2 aromatic rings. The maximum absolute atomic E-state index is 12.3. The van der Waals surface area contributed by atoms with Crippen LogP contribution in [0.15, 0.2) is 26.6 Å². The molecule has 2 N–H and O–H groups in total. The fourth-order valence-electron chi connectivity index (χ4n) is 2.92. The summed E-state index contributed by atoms with van der Waals surface area (Å²) in [6.07, 6.45) is 3.96. The topological polar surface area (TPSA) is 76.2 Å². The maximum Gasteiger partial charge on any atom is 0.345 e. The summed E-state index contributed by atoms with van der Waals surface area (Å²) < 4.78 is 3.43. The zero-order valence-electron chi connectivity index (χ0n) is 15.1. The molecule has 1 aliphatic heterocycles. The lowest BCUT2D eigenvalue weighted by atomic mass is 10.2. The number of fused-ring (bicyclic) bond motifs is 1. The number of nitrogens with one attached hydrogen (secondary N) is 2. The van der Waals surface area contributed by atoms with Crippen molar-refractivity contribution in [3.8, 4) is 0 Å². The predicted octanol–water partition coefficient (Wildman–Crippen LogP) is 2.21. The largest absolute Gasteiger partial charge is 0.357 e. The van der Waals surface area contributed by atoms with Crippen LogP contribution in [-0.2, 0) is 26.1 Å². The van der Waals surface area contributed by atoms with E-state index >= 15 is 0 Å². The van der Waals surface area contributed by atoms with Gasteiger partial charge in [-0.05, 0) is 48.6 Å². The van der Waals surface area contributed by atoms with E-state index in [1.807, 2.05) is 4.57 Å². The predicted molar refractivity (Wildman–Crippen MR) is 117 cm³/mol. The van der Waals surface area contributed by atoms with Crippen molar-refractivity contribution in [1.29, 1.82) is 0 Å². The molecule has 0 aromatic carbocycles. The summed E-state index contributed by atoms with van der Waals surface area (Å²) in [5.74, 6) is 1.75. The highest BCUT2D eigenvalue weighted by Gasteiger charge is 2.16. The van der Waals surface area contributed by atoms with Gasteiger partial charge in [0.2, 0.25) is 0 Å². The van der Waals surface area contributed by atoms with E-state index in [4.69, 9.17) is 0 Å². The molecule has 3 heterocycles. The standard InChI is InChI=1S/C17H26N6OS.HI/c1-2-18-16(20-12-14-7-11-25-13-14)19-8-5-10-23-17(24)22-9-4-3-6-15(22)21-23;/h7,11,13H,2-6,8-10,12H2,1H3,(H2,18,19,20);1H. The fraction of sp³-hybridized carbons (Fsp3) is 0.588. The van der Waals surface area contributed by atoms with Crippen molar-refractivity contribution in [2.45, 2.75) is 52.2 Å². The van der Waals surface area contributed by atoms with Crippen LogP contribution in [0.25, 0.3) is 0 Å². The third kappa shape index (κ3) is 5.57. The number of hydrogen-bond acceptors (Lipinski definition) is 4. The number of thiophene rings is 1. The van der Waals surface area contributed by atoms with Gasteiger partial charge in [-0.2, -0.15) is 16.4 Å². The molecule has 0 saturated carbocycles. The minimum Gasteiger partial charge on any atom is -0.357 e. The second-order valence-electron chi connectivity index (χ2n) is 6.14. The van der Waals surface area contributed by atoms with Crippen molar-refractivity contribution in [2.75, 3.05) is 13.1 Å². The van der Waals surface area contributed by atoms with E-state index in [9.17, 15) is 4.79 Å². The van der Waals surface area contributed by atoms with E-state index in [0.29, 0.717) is 13.1 Å². The quantitative estimate of drug-likeness (QED) is 0.270. The minimum absolute atomic E-state index is 0. The Morgan fingerprint density at radius 3 is 3.00 bits per heavy atom. The Hall–Kier alpha value is -1.36. The van der Waals surface area contributed by atoms with Crippen LogP contribution < -0.4 is 16.3 Å². The molecule has 0 bridgehead atoms. The van der Waals surface area contributed by atoms with Gasteiger partial charge in [0.1, 0.15) is 5.82 Å². The van der Waals surface area contributed by atoms with Crippen LogP contribution >= 0.6 is 35.3 Å². The Morgan fingerprint density at radius 1 is 1.38 bits per heavy atom. The summed E-state index contributed by atoms with van der Waals surface area (Å²) in [6, 6.07) is 2.09. The lowest BCUT2D eigenvalue weighted by Gasteiger charge is -2.10. The maximum atomic E-state index is 12.3. The Labute approximate surface area is 174 Å². The number of rotatable bonds is 7. The van der Waals surface area contributed by atoms with Gasteiger partial charge in [-0.3, -0.25) is 4.57 Å². The van der Waals surface area contributed by atoms with Crippen LogP contribution in [0.2, 0.25) is 0 Å². The zero-order valence-corrected chi connectivity index (χ0v) is 18.3. The minimum atomic E-state index is 0. The average Bonchev–Trinajstić information content (AvgIpc) is 3.25. The van der Waals surface area contributed by atoms with Crippen LogP contribution in [0.4, 0.5) is 0 Å². The fourth-order valence-corrected chi connectivity index (χ4v) is 3.58. The van der Waals surface area contributed by atoms with Crippen molar-refractivity contribution in [2.24, 2.45) is 4.99 Å². The molecule has 0 radical (unpaired) electrons. The Bertz CT molecular complexity index is 752. The van der Waals surface area contributed by atoms with Gasteiger partial charge in [-0.1, -0.05) is 0 Å². The van der Waals surface area contributed by atoms with Crippen LogP contribution in [0.3, 0.4) is 0 Å². The average molecular weight is 490 g/mol. The summed E-state index contributed by atoms with van der Waals surface area (Å²) in [7, 11) is 0. The highest BCUT2D eigenvalue weighted by atomic mass is 127. The third-order valence-electron chi connectivity index (χ3n) is 4.21. The van der Waals surface area contributed by atoms with Crippen molar-refractivity contribution < 1.29 is 0 Å². The summed E-state index contributed by atoms with van der Waals surface area (Å²) >= 11 is 1.68. The lowest BCUT2D eigenvalue weighted by Crippen LogP contribution is -2.38.